The Morgan fingerprint density at radius 1 is 0.964 bits per heavy atom. The first-order valence-corrected chi connectivity index (χ1v) is 10.4. The molecule has 0 aromatic heterocycles. The van der Waals surface area contributed by atoms with Crippen molar-refractivity contribution < 1.29 is 14.4 Å². The fourth-order valence-electron chi connectivity index (χ4n) is 4.60. The number of rotatable bonds is 3. The zero-order valence-electron chi connectivity index (χ0n) is 14.7. The Morgan fingerprint density at radius 2 is 1.61 bits per heavy atom. The molecule has 2 aromatic rings. The van der Waals surface area contributed by atoms with Gasteiger partial charge in [0, 0.05) is 15.5 Å². The minimum atomic E-state index is -0.245. The Balaban J connectivity index is 1.40. The van der Waals surface area contributed by atoms with E-state index in [1.54, 1.807) is 48.5 Å². The number of nitrogens with zero attached hydrogens (tertiary/aromatic N) is 1. The molecule has 2 aliphatic carbocycles. The monoisotopic (exact) mass is 409 g/mol. The molecule has 0 radical (unpaired) electrons. The third kappa shape index (κ3) is 2.73. The molecule has 1 saturated carbocycles. The van der Waals surface area contributed by atoms with Crippen molar-refractivity contribution in [3.8, 4) is 0 Å². The summed E-state index contributed by atoms with van der Waals surface area (Å²) in [7, 11) is 0. The van der Waals surface area contributed by atoms with Crippen LogP contribution in [-0.4, -0.2) is 16.9 Å². The van der Waals surface area contributed by atoms with E-state index in [0.29, 0.717) is 16.3 Å². The molecule has 1 aliphatic heterocycles. The van der Waals surface area contributed by atoms with Crippen LogP contribution in [0, 0.1) is 23.7 Å². The minimum Gasteiger partial charge on any atom is -0.281 e. The smallest absolute Gasteiger partial charge is 0.238 e. The Labute approximate surface area is 171 Å². The molecule has 2 bridgehead atoms. The summed E-state index contributed by atoms with van der Waals surface area (Å²) in [5.41, 5.74) is 0.933. The molecule has 2 fully saturated rings. The number of carbonyl (C=O) groups is 3. The van der Waals surface area contributed by atoms with Gasteiger partial charge in [-0.3, -0.25) is 14.4 Å². The van der Waals surface area contributed by atoms with Crippen LogP contribution in [0.25, 0.3) is 0 Å². The molecular weight excluding hydrogens is 394 g/mol. The van der Waals surface area contributed by atoms with Crippen LogP contribution in [0.15, 0.2) is 65.6 Å². The highest BCUT2D eigenvalue weighted by Crippen LogP contribution is 2.53. The molecule has 5 rings (SSSR count). The van der Waals surface area contributed by atoms with Crippen molar-refractivity contribution in [2.45, 2.75) is 11.3 Å². The second kappa shape index (κ2) is 6.61. The lowest BCUT2D eigenvalue weighted by Crippen LogP contribution is -2.32. The number of allylic oxidation sites excluding steroid dienone is 2. The predicted octanol–water partition coefficient (Wildman–Crippen LogP) is 4.58. The van der Waals surface area contributed by atoms with Crippen LogP contribution in [0.3, 0.4) is 0 Å². The van der Waals surface area contributed by atoms with Crippen LogP contribution in [0.4, 0.5) is 5.69 Å². The summed E-state index contributed by atoms with van der Waals surface area (Å²) in [5.74, 6) is -0.428. The quantitative estimate of drug-likeness (QED) is 0.423. The summed E-state index contributed by atoms with van der Waals surface area (Å²) in [6.45, 7) is 0. The molecule has 140 valence electrons. The first kappa shape index (κ1) is 17.7. The summed E-state index contributed by atoms with van der Waals surface area (Å²) in [4.78, 5) is 40.7. The van der Waals surface area contributed by atoms with Crippen molar-refractivity contribution in [2.24, 2.45) is 23.7 Å². The van der Waals surface area contributed by atoms with Gasteiger partial charge in [-0.05, 0) is 66.4 Å². The lowest BCUT2D eigenvalue weighted by atomic mass is 9.85. The number of anilines is 1. The van der Waals surface area contributed by atoms with Crippen molar-refractivity contribution in [1.29, 1.82) is 0 Å². The standard InChI is InChI=1S/C22H16ClNO3S/c23-15-6-8-17(9-7-15)28-22(27)14-2-1-3-16(11-14)24-20(25)18-12-4-5-13(10-12)19(18)21(24)26/h1-9,11-13,18-19H,10H2/t12-,13-,18-,19-/m0/s1. The van der Waals surface area contributed by atoms with Crippen LogP contribution in [0.2, 0.25) is 5.02 Å². The van der Waals surface area contributed by atoms with Crippen molar-refractivity contribution in [2.75, 3.05) is 4.90 Å². The highest BCUT2D eigenvalue weighted by molar-refractivity contribution is 8.14. The van der Waals surface area contributed by atoms with Gasteiger partial charge in [0.05, 0.1) is 17.5 Å². The number of carbonyl (C=O) groups excluding carboxylic acids is 3. The van der Waals surface area contributed by atoms with Crippen LogP contribution >= 0.6 is 23.4 Å². The van der Waals surface area contributed by atoms with E-state index >= 15 is 0 Å². The largest absolute Gasteiger partial charge is 0.281 e. The summed E-state index contributed by atoms with van der Waals surface area (Å²) >= 11 is 6.97. The molecule has 1 heterocycles. The van der Waals surface area contributed by atoms with Crippen LogP contribution in [-0.2, 0) is 9.59 Å². The van der Waals surface area contributed by atoms with Gasteiger partial charge < -0.3 is 0 Å². The van der Waals surface area contributed by atoms with Crippen LogP contribution < -0.4 is 4.90 Å². The van der Waals surface area contributed by atoms with E-state index in [1.165, 1.54) is 4.90 Å². The van der Waals surface area contributed by atoms with Gasteiger partial charge in [-0.1, -0.05) is 35.9 Å². The number of amides is 2. The van der Waals surface area contributed by atoms with E-state index in [-0.39, 0.29) is 40.6 Å². The summed E-state index contributed by atoms with van der Waals surface area (Å²) in [6, 6.07) is 13.8. The molecule has 0 unspecified atom stereocenters. The van der Waals surface area contributed by atoms with Gasteiger partial charge in [0.1, 0.15) is 0 Å². The van der Waals surface area contributed by atoms with Crippen molar-refractivity contribution in [3.63, 3.8) is 0 Å². The molecular formula is C22H16ClNO3S. The summed E-state index contributed by atoms with van der Waals surface area (Å²) in [6.07, 6.45) is 5.04. The van der Waals surface area contributed by atoms with Crippen LogP contribution in [0.1, 0.15) is 16.8 Å². The molecule has 3 aliphatic rings. The van der Waals surface area contributed by atoms with E-state index in [0.717, 1.165) is 23.1 Å². The molecule has 28 heavy (non-hydrogen) atoms. The van der Waals surface area contributed by atoms with Gasteiger partial charge in [-0.25, -0.2) is 4.90 Å². The highest BCUT2D eigenvalue weighted by atomic mass is 35.5. The Bertz CT molecular complexity index is 1000. The van der Waals surface area contributed by atoms with E-state index < -0.39 is 0 Å². The molecule has 4 nitrogen and oxygen atoms in total. The number of fused-ring (bicyclic) bond motifs is 5. The number of hydrogen-bond donors (Lipinski definition) is 0. The molecule has 2 aromatic carbocycles. The maximum atomic E-state index is 13.0. The molecule has 6 heteroatoms. The second-order valence-corrected chi connectivity index (χ2v) is 8.89. The normalized spacial score (nSPS) is 27.5. The maximum Gasteiger partial charge on any atom is 0.238 e. The molecule has 2 amide bonds. The lowest BCUT2D eigenvalue weighted by molar-refractivity contribution is -0.123. The van der Waals surface area contributed by atoms with E-state index in [2.05, 4.69) is 12.2 Å². The van der Waals surface area contributed by atoms with Gasteiger partial charge >= 0.3 is 0 Å². The molecule has 0 N–H and O–H groups in total. The minimum absolute atomic E-state index is 0.137. The van der Waals surface area contributed by atoms with Crippen molar-refractivity contribution >= 4 is 46.0 Å². The highest BCUT2D eigenvalue weighted by Gasteiger charge is 2.59. The first-order valence-electron chi connectivity index (χ1n) is 9.17. The summed E-state index contributed by atoms with van der Waals surface area (Å²) in [5, 5.41) is 0.462. The zero-order chi connectivity index (χ0) is 19.4. The zero-order valence-corrected chi connectivity index (χ0v) is 16.3. The average molecular weight is 410 g/mol. The summed E-state index contributed by atoms with van der Waals surface area (Å²) < 4.78 is 0. The molecule has 4 atom stereocenters. The molecule has 1 saturated heterocycles. The first-order chi connectivity index (χ1) is 13.5. The fraction of sp³-hybridized carbons (Fsp3) is 0.227. The van der Waals surface area contributed by atoms with Crippen molar-refractivity contribution in [3.05, 3.63) is 71.3 Å². The fourth-order valence-corrected chi connectivity index (χ4v) is 5.45. The SMILES string of the molecule is O=C(Sc1ccc(Cl)cc1)c1cccc(N2C(=O)[C@@H]3[C@@H](C2=O)[C@H]2C=C[C@H]3C2)c1. The van der Waals surface area contributed by atoms with E-state index in [4.69, 9.17) is 11.6 Å². The van der Waals surface area contributed by atoms with Gasteiger partial charge in [0.15, 0.2) is 0 Å². The van der Waals surface area contributed by atoms with E-state index in [1.807, 2.05) is 0 Å². The Hall–Kier alpha value is -2.37. The Kier molecular flexibility index (Phi) is 4.18. The number of halogens is 1. The van der Waals surface area contributed by atoms with E-state index in [9.17, 15) is 14.4 Å². The third-order valence-corrected chi connectivity index (χ3v) is 7.02. The van der Waals surface area contributed by atoms with Gasteiger partial charge in [-0.2, -0.15) is 0 Å². The third-order valence-electron chi connectivity index (χ3n) is 5.83. The topological polar surface area (TPSA) is 54.5 Å². The predicted molar refractivity (Wildman–Crippen MR) is 108 cm³/mol. The number of thioether (sulfide) groups is 1. The van der Waals surface area contributed by atoms with Gasteiger partial charge in [-0.15, -0.1) is 0 Å². The second-order valence-electron chi connectivity index (χ2n) is 7.41. The maximum absolute atomic E-state index is 13.0. The number of imide groups is 1. The number of benzene rings is 2. The average Bonchev–Trinajstić information content (AvgIpc) is 3.37. The van der Waals surface area contributed by atoms with Crippen molar-refractivity contribution in [1.82, 2.24) is 0 Å². The van der Waals surface area contributed by atoms with Gasteiger partial charge in [0.25, 0.3) is 0 Å². The van der Waals surface area contributed by atoms with Gasteiger partial charge in [0.2, 0.25) is 16.9 Å². The lowest BCUT2D eigenvalue weighted by Gasteiger charge is -2.17. The Morgan fingerprint density at radius 3 is 2.25 bits per heavy atom. The van der Waals surface area contributed by atoms with Crippen LogP contribution in [0.5, 0.6) is 0 Å². The molecule has 0 spiro atoms. The number of hydrogen-bond acceptors (Lipinski definition) is 4.